The molecule has 1 aliphatic heterocycles. The van der Waals surface area contributed by atoms with Gasteiger partial charge in [0.15, 0.2) is 0 Å². The summed E-state index contributed by atoms with van der Waals surface area (Å²) in [7, 11) is 0. The van der Waals surface area contributed by atoms with Gasteiger partial charge in [-0.05, 0) is 44.9 Å². The summed E-state index contributed by atoms with van der Waals surface area (Å²) in [4.78, 5) is 14.9. The van der Waals surface area contributed by atoms with E-state index in [2.05, 4.69) is 5.32 Å². The van der Waals surface area contributed by atoms with Gasteiger partial charge in [-0.25, -0.2) is 4.79 Å². The molecule has 4 aliphatic rings. The molecule has 0 aromatic carbocycles. The highest BCUT2D eigenvalue weighted by molar-refractivity contribution is 5.75. The first-order chi connectivity index (χ1) is 11.3. The van der Waals surface area contributed by atoms with Crippen LogP contribution in [0.25, 0.3) is 0 Å². The zero-order valence-corrected chi connectivity index (χ0v) is 14.0. The Labute approximate surface area is 138 Å². The maximum atomic E-state index is 12.9. The molecule has 2 amide bonds. The van der Waals surface area contributed by atoms with E-state index in [0.717, 1.165) is 45.3 Å². The molecule has 0 aromatic heterocycles. The molecule has 0 aromatic rings. The van der Waals surface area contributed by atoms with Gasteiger partial charge in [-0.1, -0.05) is 12.8 Å². The van der Waals surface area contributed by atoms with Crippen LogP contribution in [-0.2, 0) is 4.74 Å². The van der Waals surface area contributed by atoms with Crippen LogP contribution < -0.4 is 5.32 Å². The standard InChI is InChI=1S/C18H30N2O3/c21-11-4-3-10-20(13-5-6-13)17(22)19-15-14-7-12-23-16(14)18(15)8-1-2-9-18/h13-16,21H,1-12H2,(H,19,22). The molecule has 5 nitrogen and oxygen atoms in total. The van der Waals surface area contributed by atoms with Gasteiger partial charge < -0.3 is 20.1 Å². The van der Waals surface area contributed by atoms with Crippen molar-refractivity contribution in [2.24, 2.45) is 11.3 Å². The van der Waals surface area contributed by atoms with Crippen LogP contribution in [0.2, 0.25) is 0 Å². The fraction of sp³-hybridized carbons (Fsp3) is 0.944. The molecule has 4 fully saturated rings. The third kappa shape index (κ3) is 2.66. The van der Waals surface area contributed by atoms with Crippen LogP contribution in [0.4, 0.5) is 4.79 Å². The summed E-state index contributed by atoms with van der Waals surface area (Å²) in [6.45, 7) is 1.86. The molecular formula is C18H30N2O3. The second-order valence-corrected chi connectivity index (χ2v) is 7.97. The van der Waals surface area contributed by atoms with Crippen molar-refractivity contribution in [2.75, 3.05) is 19.8 Å². The molecule has 3 atom stereocenters. The fourth-order valence-electron chi connectivity index (χ4n) is 5.35. The lowest BCUT2D eigenvalue weighted by atomic mass is 9.54. The average Bonchev–Trinajstić information content (AvgIpc) is 3.09. The number of hydrogen-bond acceptors (Lipinski definition) is 3. The van der Waals surface area contributed by atoms with Gasteiger partial charge >= 0.3 is 6.03 Å². The summed E-state index contributed by atoms with van der Waals surface area (Å²) in [5.74, 6) is 0.538. The summed E-state index contributed by atoms with van der Waals surface area (Å²) in [6.07, 6.45) is 10.4. The molecule has 1 spiro atoms. The molecule has 3 aliphatic carbocycles. The van der Waals surface area contributed by atoms with Crippen LogP contribution in [0.5, 0.6) is 0 Å². The number of carbonyl (C=O) groups is 1. The van der Waals surface area contributed by atoms with Gasteiger partial charge in [-0.15, -0.1) is 0 Å². The van der Waals surface area contributed by atoms with Crippen molar-refractivity contribution >= 4 is 6.03 Å². The smallest absolute Gasteiger partial charge is 0.317 e. The molecular weight excluding hydrogens is 292 g/mol. The molecule has 0 radical (unpaired) electrons. The van der Waals surface area contributed by atoms with Crippen molar-refractivity contribution < 1.29 is 14.6 Å². The zero-order valence-electron chi connectivity index (χ0n) is 14.0. The molecule has 3 unspecified atom stereocenters. The first kappa shape index (κ1) is 15.7. The monoisotopic (exact) mass is 322 g/mol. The molecule has 4 rings (SSSR count). The lowest BCUT2D eigenvalue weighted by molar-refractivity contribution is -0.127. The number of amides is 2. The number of urea groups is 1. The minimum Gasteiger partial charge on any atom is -0.396 e. The van der Waals surface area contributed by atoms with E-state index in [1.807, 2.05) is 4.90 Å². The van der Waals surface area contributed by atoms with Crippen molar-refractivity contribution in [3.05, 3.63) is 0 Å². The van der Waals surface area contributed by atoms with E-state index >= 15 is 0 Å². The number of fused-ring (bicyclic) bond motifs is 2. The van der Waals surface area contributed by atoms with E-state index in [1.54, 1.807) is 0 Å². The number of rotatable bonds is 6. The SMILES string of the molecule is O=C(NC1C2CCOC2C12CCCC2)N(CCCCO)C1CC1. The zero-order chi connectivity index (χ0) is 15.9. The Kier molecular flexibility index (Phi) is 4.26. The van der Waals surface area contributed by atoms with Crippen LogP contribution in [0.3, 0.4) is 0 Å². The van der Waals surface area contributed by atoms with Crippen molar-refractivity contribution in [3.8, 4) is 0 Å². The molecule has 23 heavy (non-hydrogen) atoms. The molecule has 2 N–H and O–H groups in total. The minimum absolute atomic E-state index is 0.132. The number of unbranched alkanes of at least 4 members (excludes halogenated alkanes) is 1. The van der Waals surface area contributed by atoms with Crippen LogP contribution in [0.1, 0.15) is 57.8 Å². The highest BCUT2D eigenvalue weighted by Gasteiger charge is 2.65. The molecule has 1 saturated heterocycles. The number of hydrogen-bond donors (Lipinski definition) is 2. The highest BCUT2D eigenvalue weighted by atomic mass is 16.5. The van der Waals surface area contributed by atoms with Crippen LogP contribution in [0.15, 0.2) is 0 Å². The molecule has 0 bridgehead atoms. The molecule has 130 valence electrons. The Morgan fingerprint density at radius 3 is 2.70 bits per heavy atom. The Bertz CT molecular complexity index is 446. The molecule has 3 saturated carbocycles. The Hall–Kier alpha value is -0.810. The van der Waals surface area contributed by atoms with Crippen molar-refractivity contribution in [2.45, 2.75) is 76.0 Å². The second kappa shape index (κ2) is 6.25. The van der Waals surface area contributed by atoms with Crippen molar-refractivity contribution in [1.29, 1.82) is 0 Å². The van der Waals surface area contributed by atoms with Crippen LogP contribution in [-0.4, -0.2) is 54.0 Å². The van der Waals surface area contributed by atoms with Gasteiger partial charge in [0.2, 0.25) is 0 Å². The quantitative estimate of drug-likeness (QED) is 0.738. The number of carbonyl (C=O) groups excluding carboxylic acids is 1. The van der Waals surface area contributed by atoms with E-state index in [4.69, 9.17) is 9.84 Å². The summed E-state index contributed by atoms with van der Waals surface area (Å²) >= 11 is 0. The number of nitrogens with zero attached hydrogens (tertiary/aromatic N) is 1. The largest absolute Gasteiger partial charge is 0.396 e. The van der Waals surface area contributed by atoms with Gasteiger partial charge in [0.25, 0.3) is 0 Å². The van der Waals surface area contributed by atoms with E-state index < -0.39 is 0 Å². The van der Waals surface area contributed by atoms with Gasteiger partial charge in [-0.3, -0.25) is 0 Å². The normalized spacial score (nSPS) is 34.2. The third-order valence-electron chi connectivity index (χ3n) is 6.62. The van der Waals surface area contributed by atoms with E-state index in [0.29, 0.717) is 24.1 Å². The summed E-state index contributed by atoms with van der Waals surface area (Å²) < 4.78 is 6.01. The Morgan fingerprint density at radius 2 is 2.00 bits per heavy atom. The number of nitrogens with one attached hydrogen (secondary N) is 1. The van der Waals surface area contributed by atoms with Crippen molar-refractivity contribution in [1.82, 2.24) is 10.2 Å². The van der Waals surface area contributed by atoms with E-state index in [1.165, 1.54) is 25.7 Å². The second-order valence-electron chi connectivity index (χ2n) is 7.97. The maximum Gasteiger partial charge on any atom is 0.317 e. The minimum atomic E-state index is 0.132. The third-order valence-corrected chi connectivity index (χ3v) is 6.62. The summed E-state index contributed by atoms with van der Waals surface area (Å²) in [6, 6.07) is 0.889. The predicted octanol–water partition coefficient (Wildman–Crippen LogP) is 2.28. The molecule has 5 heteroatoms. The lowest BCUT2D eigenvalue weighted by Gasteiger charge is -2.57. The summed E-state index contributed by atoms with van der Waals surface area (Å²) in [5.41, 5.74) is 0.233. The first-order valence-corrected chi connectivity index (χ1v) is 9.56. The highest BCUT2D eigenvalue weighted by Crippen LogP contribution is 2.60. The Balaban J connectivity index is 1.40. The van der Waals surface area contributed by atoms with Crippen LogP contribution >= 0.6 is 0 Å². The number of ether oxygens (including phenoxy) is 1. The van der Waals surface area contributed by atoms with Gasteiger partial charge in [0.1, 0.15) is 0 Å². The Morgan fingerprint density at radius 1 is 1.22 bits per heavy atom. The lowest BCUT2D eigenvalue weighted by Crippen LogP contribution is -2.69. The van der Waals surface area contributed by atoms with E-state index in [-0.39, 0.29) is 18.1 Å². The topological polar surface area (TPSA) is 61.8 Å². The number of aliphatic hydroxyl groups excluding tert-OH is 1. The average molecular weight is 322 g/mol. The predicted molar refractivity (Wildman–Crippen MR) is 87.1 cm³/mol. The van der Waals surface area contributed by atoms with Gasteiger partial charge in [0.05, 0.1) is 6.10 Å². The number of aliphatic hydroxyl groups is 1. The van der Waals surface area contributed by atoms with E-state index in [9.17, 15) is 4.79 Å². The van der Waals surface area contributed by atoms with Gasteiger partial charge in [0, 0.05) is 43.2 Å². The van der Waals surface area contributed by atoms with Crippen molar-refractivity contribution in [3.63, 3.8) is 0 Å². The maximum absolute atomic E-state index is 12.9. The first-order valence-electron chi connectivity index (χ1n) is 9.56. The fourth-order valence-corrected chi connectivity index (χ4v) is 5.35. The van der Waals surface area contributed by atoms with Gasteiger partial charge in [-0.2, -0.15) is 0 Å². The summed E-state index contributed by atoms with van der Waals surface area (Å²) in [5, 5.41) is 12.4. The molecule has 1 heterocycles. The van der Waals surface area contributed by atoms with Crippen LogP contribution in [0, 0.1) is 11.3 Å².